The molecule has 0 fully saturated rings. The minimum absolute atomic E-state index is 0.00283. The topological polar surface area (TPSA) is 88.7 Å². The summed E-state index contributed by atoms with van der Waals surface area (Å²) in [6.45, 7) is 3.72. The number of amides is 2. The van der Waals surface area contributed by atoms with E-state index in [0.29, 0.717) is 40.4 Å². The molecule has 32 heavy (non-hydrogen) atoms. The Hall–Kier alpha value is -3.87. The molecule has 4 rings (SSSR count). The molecule has 1 aliphatic heterocycles. The van der Waals surface area contributed by atoms with E-state index in [0.717, 1.165) is 5.56 Å². The summed E-state index contributed by atoms with van der Waals surface area (Å²) >= 11 is 0. The molecule has 2 amide bonds. The number of H-pyrrole nitrogens is 1. The van der Waals surface area contributed by atoms with Crippen LogP contribution in [-0.4, -0.2) is 41.2 Å². The van der Waals surface area contributed by atoms with E-state index in [-0.39, 0.29) is 12.2 Å². The summed E-state index contributed by atoms with van der Waals surface area (Å²) in [7, 11) is 1.54. The van der Waals surface area contributed by atoms with Crippen LogP contribution in [0.4, 0.5) is 0 Å². The SMILES string of the molecule is CCOc1cc(C(CC(C)=O)N2C(=O)c3cccc(-c4cc[nH]c4)c3C2=O)ccc1OC. The van der Waals surface area contributed by atoms with E-state index in [2.05, 4.69) is 4.98 Å². The van der Waals surface area contributed by atoms with Crippen molar-refractivity contribution in [3.63, 3.8) is 0 Å². The highest BCUT2D eigenvalue weighted by Crippen LogP contribution is 2.40. The third-order valence-electron chi connectivity index (χ3n) is 5.52. The number of imide groups is 1. The lowest BCUT2D eigenvalue weighted by atomic mass is 9.98. The minimum Gasteiger partial charge on any atom is -0.493 e. The van der Waals surface area contributed by atoms with Crippen LogP contribution in [0.3, 0.4) is 0 Å². The molecule has 1 unspecified atom stereocenters. The molecule has 0 radical (unpaired) electrons. The van der Waals surface area contributed by atoms with Crippen LogP contribution in [0.25, 0.3) is 11.1 Å². The summed E-state index contributed by atoms with van der Waals surface area (Å²) in [6, 6.07) is 11.5. The number of nitrogens with one attached hydrogen (secondary N) is 1. The molecule has 7 heteroatoms. The molecule has 3 aromatic rings. The van der Waals surface area contributed by atoms with Gasteiger partial charge in [-0.05, 0) is 54.8 Å². The minimum atomic E-state index is -0.760. The van der Waals surface area contributed by atoms with Crippen LogP contribution in [0.1, 0.15) is 52.6 Å². The van der Waals surface area contributed by atoms with Crippen LogP contribution < -0.4 is 9.47 Å². The van der Waals surface area contributed by atoms with E-state index in [1.807, 2.05) is 19.1 Å². The number of benzene rings is 2. The number of aromatic nitrogens is 1. The van der Waals surface area contributed by atoms with Crippen molar-refractivity contribution in [2.24, 2.45) is 0 Å². The zero-order chi connectivity index (χ0) is 22.8. The molecule has 0 saturated heterocycles. The van der Waals surface area contributed by atoms with Crippen molar-refractivity contribution >= 4 is 17.6 Å². The van der Waals surface area contributed by atoms with Gasteiger partial charge in [0.15, 0.2) is 11.5 Å². The second-order valence-electron chi connectivity index (χ2n) is 7.57. The Bertz CT molecular complexity index is 1180. The summed E-state index contributed by atoms with van der Waals surface area (Å²) < 4.78 is 11.0. The Labute approximate surface area is 186 Å². The fourth-order valence-corrected chi connectivity index (χ4v) is 4.12. The van der Waals surface area contributed by atoms with Gasteiger partial charge in [0, 0.05) is 18.8 Å². The molecule has 1 aromatic heterocycles. The summed E-state index contributed by atoms with van der Waals surface area (Å²) in [5, 5.41) is 0. The molecular weight excluding hydrogens is 408 g/mol. The Kier molecular flexibility index (Phi) is 5.81. The summed E-state index contributed by atoms with van der Waals surface area (Å²) in [5.74, 6) is 0.0652. The number of methoxy groups -OCH3 is 1. The zero-order valence-electron chi connectivity index (χ0n) is 18.2. The van der Waals surface area contributed by atoms with Gasteiger partial charge in [0.25, 0.3) is 11.8 Å². The number of hydrogen-bond donors (Lipinski definition) is 1. The number of carbonyl (C=O) groups is 3. The number of nitrogens with zero attached hydrogens (tertiary/aromatic N) is 1. The molecule has 7 nitrogen and oxygen atoms in total. The van der Waals surface area contributed by atoms with Crippen LogP contribution >= 0.6 is 0 Å². The first-order chi connectivity index (χ1) is 15.5. The largest absolute Gasteiger partial charge is 0.493 e. The van der Waals surface area contributed by atoms with Crippen LogP contribution in [0, 0.1) is 0 Å². The molecule has 1 aliphatic rings. The Morgan fingerprint density at radius 1 is 1.06 bits per heavy atom. The highest BCUT2D eigenvalue weighted by molar-refractivity contribution is 6.24. The van der Waals surface area contributed by atoms with Crippen molar-refractivity contribution in [3.8, 4) is 22.6 Å². The highest BCUT2D eigenvalue weighted by Gasteiger charge is 2.42. The summed E-state index contributed by atoms with van der Waals surface area (Å²) in [5.41, 5.74) is 2.80. The Morgan fingerprint density at radius 3 is 2.50 bits per heavy atom. The maximum Gasteiger partial charge on any atom is 0.262 e. The van der Waals surface area contributed by atoms with Gasteiger partial charge in [-0.2, -0.15) is 0 Å². The van der Waals surface area contributed by atoms with Crippen LogP contribution in [0.2, 0.25) is 0 Å². The van der Waals surface area contributed by atoms with E-state index >= 15 is 0 Å². The third-order valence-corrected chi connectivity index (χ3v) is 5.52. The maximum atomic E-state index is 13.6. The number of ether oxygens (including phenoxy) is 2. The first-order valence-electron chi connectivity index (χ1n) is 10.4. The predicted molar refractivity (Wildman–Crippen MR) is 119 cm³/mol. The number of ketones is 1. The fraction of sp³-hybridized carbons (Fsp3) is 0.240. The first-order valence-corrected chi connectivity index (χ1v) is 10.4. The van der Waals surface area contributed by atoms with Crippen molar-refractivity contribution in [2.75, 3.05) is 13.7 Å². The number of hydrogen-bond acceptors (Lipinski definition) is 5. The molecule has 2 aromatic carbocycles. The lowest BCUT2D eigenvalue weighted by Crippen LogP contribution is -2.35. The number of rotatable bonds is 8. The van der Waals surface area contributed by atoms with Crippen LogP contribution in [0.15, 0.2) is 54.9 Å². The van der Waals surface area contributed by atoms with Gasteiger partial charge in [0.05, 0.1) is 30.9 Å². The van der Waals surface area contributed by atoms with Gasteiger partial charge in [-0.25, -0.2) is 0 Å². The second-order valence-corrected chi connectivity index (χ2v) is 7.57. The number of carbonyl (C=O) groups excluding carboxylic acids is 3. The van der Waals surface area contributed by atoms with Crippen molar-refractivity contribution in [1.29, 1.82) is 0 Å². The van der Waals surface area contributed by atoms with Crippen molar-refractivity contribution in [1.82, 2.24) is 9.88 Å². The number of fused-ring (bicyclic) bond motifs is 1. The van der Waals surface area contributed by atoms with E-state index in [4.69, 9.17) is 9.47 Å². The summed E-state index contributed by atoms with van der Waals surface area (Å²) in [4.78, 5) is 43.3. The van der Waals surface area contributed by atoms with Crippen LogP contribution in [0.5, 0.6) is 11.5 Å². The van der Waals surface area contributed by atoms with Gasteiger partial charge in [0.1, 0.15) is 5.78 Å². The Balaban J connectivity index is 1.81. The van der Waals surface area contributed by atoms with Gasteiger partial charge in [0.2, 0.25) is 0 Å². The van der Waals surface area contributed by atoms with Gasteiger partial charge in [-0.1, -0.05) is 18.2 Å². The van der Waals surface area contributed by atoms with Crippen LogP contribution in [-0.2, 0) is 4.79 Å². The van der Waals surface area contributed by atoms with Gasteiger partial charge in [-0.15, -0.1) is 0 Å². The number of Topliss-reactive ketones (excluding diaryl/α,β-unsaturated/α-hetero) is 1. The molecule has 164 valence electrons. The number of aromatic amines is 1. The lowest BCUT2D eigenvalue weighted by Gasteiger charge is -2.26. The van der Waals surface area contributed by atoms with Crippen molar-refractivity contribution in [2.45, 2.75) is 26.3 Å². The lowest BCUT2D eigenvalue weighted by molar-refractivity contribution is -0.117. The van der Waals surface area contributed by atoms with Crippen molar-refractivity contribution in [3.05, 3.63) is 71.5 Å². The smallest absolute Gasteiger partial charge is 0.262 e. The van der Waals surface area contributed by atoms with Gasteiger partial charge < -0.3 is 14.5 Å². The quantitative estimate of drug-likeness (QED) is 0.533. The molecule has 0 aliphatic carbocycles. The molecule has 1 atom stereocenters. The second kappa shape index (κ2) is 8.70. The Morgan fingerprint density at radius 2 is 1.84 bits per heavy atom. The average molecular weight is 432 g/mol. The molecule has 0 bridgehead atoms. The normalized spacial score (nSPS) is 13.8. The summed E-state index contributed by atoms with van der Waals surface area (Å²) in [6.07, 6.45) is 3.54. The van der Waals surface area contributed by atoms with Crippen molar-refractivity contribution < 1.29 is 23.9 Å². The third kappa shape index (κ3) is 3.66. The van der Waals surface area contributed by atoms with E-state index in [9.17, 15) is 14.4 Å². The first kappa shape index (κ1) is 21.4. The zero-order valence-corrected chi connectivity index (χ0v) is 18.2. The average Bonchev–Trinajstić information content (AvgIpc) is 3.40. The predicted octanol–water partition coefficient (Wildman–Crippen LogP) is 4.41. The molecular formula is C25H24N2O5. The monoisotopic (exact) mass is 432 g/mol. The van der Waals surface area contributed by atoms with E-state index in [1.165, 1.54) is 18.9 Å². The van der Waals surface area contributed by atoms with Gasteiger partial charge in [-0.3, -0.25) is 19.3 Å². The molecule has 2 heterocycles. The molecule has 0 spiro atoms. The highest BCUT2D eigenvalue weighted by atomic mass is 16.5. The van der Waals surface area contributed by atoms with Gasteiger partial charge >= 0.3 is 0 Å². The fourth-order valence-electron chi connectivity index (χ4n) is 4.12. The molecule has 0 saturated carbocycles. The molecule has 1 N–H and O–H groups in total. The standard InChI is InChI=1S/C25H24N2O5/c1-4-32-22-13-16(8-9-21(22)31-3)20(12-15(2)28)27-24(29)19-7-5-6-18(23(19)25(27)30)17-10-11-26-14-17/h5-11,13-14,20,26H,4,12H2,1-3H3. The van der Waals surface area contributed by atoms with E-state index < -0.39 is 17.9 Å². The van der Waals surface area contributed by atoms with E-state index in [1.54, 1.807) is 42.7 Å². The maximum absolute atomic E-state index is 13.6.